The zero-order valence-corrected chi connectivity index (χ0v) is 18.4. The van der Waals surface area contributed by atoms with Crippen molar-refractivity contribution in [2.75, 3.05) is 38.7 Å². The summed E-state index contributed by atoms with van der Waals surface area (Å²) in [6, 6.07) is 0.554. The molecule has 152 valence electrons. The second kappa shape index (κ2) is 11.5. The Kier molecular flexibility index (Phi) is 9.38. The molecular formula is C20H35N5OS. The highest BCUT2D eigenvalue weighted by Crippen LogP contribution is 2.27. The van der Waals surface area contributed by atoms with Crippen LogP contribution in [-0.2, 0) is 4.74 Å². The van der Waals surface area contributed by atoms with E-state index >= 15 is 0 Å². The lowest BCUT2D eigenvalue weighted by Crippen LogP contribution is -2.32. The molecule has 0 atom stereocenters. The van der Waals surface area contributed by atoms with E-state index in [9.17, 15) is 0 Å². The lowest BCUT2D eigenvalue weighted by atomic mass is 9.95. The van der Waals surface area contributed by atoms with Crippen LogP contribution in [0.2, 0.25) is 0 Å². The molecule has 1 aliphatic heterocycles. The largest absolute Gasteiger partial charge is 0.379 e. The average Bonchev–Trinajstić information content (AvgIpc) is 3.06. The lowest BCUT2D eigenvalue weighted by molar-refractivity contribution is 0.0503. The van der Waals surface area contributed by atoms with Gasteiger partial charge in [0, 0.05) is 19.1 Å². The third-order valence-electron chi connectivity index (χ3n) is 4.66. The molecule has 6 nitrogen and oxygen atoms in total. The number of likely N-dealkylation sites (N-methyl/N-ethyl adjacent to an activating group) is 1. The van der Waals surface area contributed by atoms with E-state index < -0.39 is 0 Å². The first-order valence-electron chi connectivity index (χ1n) is 10.3. The molecule has 1 aliphatic carbocycles. The van der Waals surface area contributed by atoms with Gasteiger partial charge in [-0.3, -0.25) is 0 Å². The molecule has 7 heteroatoms. The highest BCUT2D eigenvalue weighted by Gasteiger charge is 2.17. The van der Waals surface area contributed by atoms with Crippen LogP contribution in [-0.4, -0.2) is 59.2 Å². The van der Waals surface area contributed by atoms with Gasteiger partial charge >= 0.3 is 0 Å². The molecule has 4 rings (SSSR count). The van der Waals surface area contributed by atoms with E-state index in [1.165, 1.54) is 32.1 Å². The summed E-state index contributed by atoms with van der Waals surface area (Å²) in [6.45, 7) is 12.0. The number of aryl methyl sites for hydroxylation is 2. The van der Waals surface area contributed by atoms with Crippen LogP contribution in [0.1, 0.15) is 56.8 Å². The van der Waals surface area contributed by atoms with Gasteiger partial charge in [-0.2, -0.15) is 0 Å². The summed E-state index contributed by atoms with van der Waals surface area (Å²) in [5.74, 6) is 1.75. The smallest absolute Gasteiger partial charge is 0.157 e. The minimum absolute atomic E-state index is 0.554. The van der Waals surface area contributed by atoms with Gasteiger partial charge in [0.2, 0.25) is 0 Å². The number of rotatable bonds is 2. The standard InChI is InChI=1S/C13H18N4S.C5H11NO.C2H6/c1-8-14-12(17-10-6-4-3-5-7-10)11-13(15-8)18-9(2)16-11;1-6-2-4-7-5-3-6;1-2/h10H,3-7H2,1-2H3,(H,14,15,17);2-5H2,1H3;1-2H3. The van der Waals surface area contributed by atoms with E-state index in [0.29, 0.717) is 6.04 Å². The Hall–Kier alpha value is -1.31. The number of aromatic nitrogens is 3. The Bertz CT molecular complexity index is 678. The van der Waals surface area contributed by atoms with Crippen LogP contribution in [0, 0.1) is 13.8 Å². The zero-order valence-electron chi connectivity index (χ0n) is 17.5. The van der Waals surface area contributed by atoms with Gasteiger partial charge in [-0.1, -0.05) is 44.4 Å². The Balaban J connectivity index is 0.000000244. The summed E-state index contributed by atoms with van der Waals surface area (Å²) in [5, 5.41) is 4.62. The zero-order chi connectivity index (χ0) is 19.6. The second-order valence-electron chi connectivity index (χ2n) is 6.90. The third kappa shape index (κ3) is 6.97. The fourth-order valence-corrected chi connectivity index (χ4v) is 4.06. The van der Waals surface area contributed by atoms with Crippen LogP contribution in [0.4, 0.5) is 5.82 Å². The first kappa shape index (κ1) is 22.0. The predicted molar refractivity (Wildman–Crippen MR) is 115 cm³/mol. The monoisotopic (exact) mass is 393 g/mol. The summed E-state index contributed by atoms with van der Waals surface area (Å²) in [5.41, 5.74) is 0.939. The van der Waals surface area contributed by atoms with Gasteiger partial charge in [-0.05, 0) is 33.7 Å². The highest BCUT2D eigenvalue weighted by molar-refractivity contribution is 7.18. The molecule has 0 bridgehead atoms. The average molecular weight is 394 g/mol. The summed E-state index contributed by atoms with van der Waals surface area (Å²) >= 11 is 1.64. The van der Waals surface area contributed by atoms with Crippen LogP contribution in [0.5, 0.6) is 0 Å². The number of nitrogens with zero attached hydrogens (tertiary/aromatic N) is 4. The minimum Gasteiger partial charge on any atom is -0.379 e. The fraction of sp³-hybridized carbons (Fsp3) is 0.750. The van der Waals surface area contributed by atoms with Gasteiger partial charge in [-0.25, -0.2) is 15.0 Å². The first-order valence-corrected chi connectivity index (χ1v) is 11.1. The Morgan fingerprint density at radius 2 is 1.67 bits per heavy atom. The van der Waals surface area contributed by atoms with Crippen molar-refractivity contribution in [1.29, 1.82) is 0 Å². The van der Waals surface area contributed by atoms with Gasteiger partial charge in [0.25, 0.3) is 0 Å². The summed E-state index contributed by atoms with van der Waals surface area (Å²) in [7, 11) is 2.11. The van der Waals surface area contributed by atoms with Gasteiger partial charge < -0.3 is 15.0 Å². The number of ether oxygens (including phenoxy) is 1. The number of fused-ring (bicyclic) bond motifs is 1. The third-order valence-corrected chi connectivity index (χ3v) is 5.52. The maximum Gasteiger partial charge on any atom is 0.157 e. The molecular weight excluding hydrogens is 358 g/mol. The Labute approximate surface area is 167 Å². The maximum atomic E-state index is 5.10. The SMILES string of the molecule is CC.CN1CCOCC1.Cc1nc(NC2CCCCC2)c2nc(C)sc2n1. The van der Waals surface area contributed by atoms with E-state index in [1.54, 1.807) is 11.3 Å². The Morgan fingerprint density at radius 1 is 1.00 bits per heavy atom. The van der Waals surface area contributed by atoms with Crippen molar-refractivity contribution >= 4 is 27.5 Å². The maximum absolute atomic E-state index is 5.10. The molecule has 2 fully saturated rings. The van der Waals surface area contributed by atoms with E-state index in [0.717, 1.165) is 53.3 Å². The molecule has 1 saturated carbocycles. The van der Waals surface area contributed by atoms with Crippen LogP contribution in [0.25, 0.3) is 10.3 Å². The summed E-state index contributed by atoms with van der Waals surface area (Å²) < 4.78 is 5.10. The van der Waals surface area contributed by atoms with Crippen LogP contribution in [0.3, 0.4) is 0 Å². The number of anilines is 1. The molecule has 0 radical (unpaired) electrons. The van der Waals surface area contributed by atoms with Gasteiger partial charge in [-0.15, -0.1) is 0 Å². The predicted octanol–water partition coefficient (Wildman–Crippen LogP) is 4.42. The van der Waals surface area contributed by atoms with Crippen LogP contribution >= 0.6 is 11.3 Å². The molecule has 0 spiro atoms. The van der Waals surface area contributed by atoms with Crippen molar-refractivity contribution in [3.63, 3.8) is 0 Å². The number of hydrogen-bond acceptors (Lipinski definition) is 7. The van der Waals surface area contributed by atoms with Crippen molar-refractivity contribution in [3.8, 4) is 0 Å². The molecule has 0 amide bonds. The number of morpholine rings is 1. The number of thiazole rings is 1. The minimum atomic E-state index is 0.554. The molecule has 2 aromatic heterocycles. The number of nitrogens with one attached hydrogen (secondary N) is 1. The lowest BCUT2D eigenvalue weighted by Gasteiger charge is -2.23. The molecule has 3 heterocycles. The molecule has 1 saturated heterocycles. The molecule has 0 unspecified atom stereocenters. The number of hydrogen-bond donors (Lipinski definition) is 1. The van der Waals surface area contributed by atoms with Gasteiger partial charge in [0.15, 0.2) is 5.82 Å². The van der Waals surface area contributed by atoms with Crippen molar-refractivity contribution < 1.29 is 4.74 Å². The van der Waals surface area contributed by atoms with E-state index in [4.69, 9.17) is 4.74 Å². The van der Waals surface area contributed by atoms with Gasteiger partial charge in [0.1, 0.15) is 16.2 Å². The van der Waals surface area contributed by atoms with Crippen molar-refractivity contribution in [3.05, 3.63) is 10.8 Å². The first-order chi connectivity index (χ1) is 13.1. The molecule has 2 aliphatic rings. The van der Waals surface area contributed by atoms with Crippen LogP contribution < -0.4 is 5.32 Å². The Morgan fingerprint density at radius 3 is 2.26 bits per heavy atom. The normalized spacial score (nSPS) is 18.3. The molecule has 2 aromatic rings. The topological polar surface area (TPSA) is 63.2 Å². The van der Waals surface area contributed by atoms with Crippen molar-refractivity contribution in [1.82, 2.24) is 19.9 Å². The summed E-state index contributed by atoms with van der Waals surface area (Å²) in [4.78, 5) is 16.8. The van der Waals surface area contributed by atoms with E-state index in [-0.39, 0.29) is 0 Å². The second-order valence-corrected chi connectivity index (χ2v) is 8.08. The van der Waals surface area contributed by atoms with Crippen molar-refractivity contribution in [2.45, 2.75) is 65.8 Å². The highest BCUT2D eigenvalue weighted by atomic mass is 32.1. The van der Waals surface area contributed by atoms with E-state index in [1.807, 2.05) is 27.7 Å². The quantitative estimate of drug-likeness (QED) is 0.815. The summed E-state index contributed by atoms with van der Waals surface area (Å²) in [6.07, 6.45) is 6.50. The van der Waals surface area contributed by atoms with Crippen LogP contribution in [0.15, 0.2) is 0 Å². The molecule has 1 N–H and O–H groups in total. The van der Waals surface area contributed by atoms with E-state index in [2.05, 4.69) is 32.2 Å². The fourth-order valence-electron chi connectivity index (χ4n) is 3.23. The molecule has 0 aromatic carbocycles. The van der Waals surface area contributed by atoms with Gasteiger partial charge in [0.05, 0.1) is 18.2 Å². The molecule has 27 heavy (non-hydrogen) atoms. The van der Waals surface area contributed by atoms with Crippen molar-refractivity contribution in [2.24, 2.45) is 0 Å².